The van der Waals surface area contributed by atoms with Crippen LogP contribution >= 0.6 is 0 Å². The summed E-state index contributed by atoms with van der Waals surface area (Å²) in [4.78, 5) is 0. The Hall–Kier alpha value is -0.0400. The molecular weight excluding hydrogens is 88.1 g/mol. The molecule has 0 aliphatic carbocycles. The topological polar surface area (TPSA) is 20.2 Å². The Bertz CT molecular complexity index is 49.7. The molecule has 1 radical (unpaired) electrons. The van der Waals surface area contributed by atoms with Crippen molar-refractivity contribution in [2.45, 2.75) is 26.9 Å². The van der Waals surface area contributed by atoms with Gasteiger partial charge in [0.2, 0.25) is 0 Å². The molecular formula is C6H13O. The first-order valence-corrected chi connectivity index (χ1v) is 2.46. The first-order chi connectivity index (χ1) is 2.94. The van der Waals surface area contributed by atoms with Gasteiger partial charge in [0.1, 0.15) is 0 Å². The predicted molar refractivity (Wildman–Crippen MR) is 30.8 cm³/mol. The average Bonchev–Trinajstić information content (AvgIpc) is 1.31. The van der Waals surface area contributed by atoms with E-state index in [4.69, 9.17) is 5.11 Å². The molecule has 1 unspecified atom stereocenters. The van der Waals surface area contributed by atoms with Crippen molar-refractivity contribution < 1.29 is 5.11 Å². The molecule has 1 nitrogen and oxygen atoms in total. The second-order valence-corrected chi connectivity index (χ2v) is 2.88. The highest BCUT2D eigenvalue weighted by Crippen LogP contribution is 2.17. The van der Waals surface area contributed by atoms with Crippen LogP contribution in [0.15, 0.2) is 0 Å². The minimum absolute atomic E-state index is 0.0556. The van der Waals surface area contributed by atoms with Crippen LogP contribution in [-0.4, -0.2) is 11.2 Å². The molecule has 43 valence electrons. The number of aliphatic hydroxyl groups is 1. The van der Waals surface area contributed by atoms with E-state index in [0.29, 0.717) is 0 Å². The summed E-state index contributed by atoms with van der Waals surface area (Å²) >= 11 is 0. The molecule has 1 atom stereocenters. The lowest BCUT2D eigenvalue weighted by Crippen LogP contribution is -2.22. The maximum atomic E-state index is 8.78. The smallest absolute Gasteiger partial charge is 0.0589 e. The van der Waals surface area contributed by atoms with Crippen LogP contribution in [-0.2, 0) is 0 Å². The van der Waals surface area contributed by atoms with Crippen LogP contribution in [0.5, 0.6) is 0 Å². The lowest BCUT2D eigenvalue weighted by molar-refractivity contribution is 0.103. The summed E-state index contributed by atoms with van der Waals surface area (Å²) < 4.78 is 0. The van der Waals surface area contributed by atoms with Gasteiger partial charge in [-0.1, -0.05) is 20.8 Å². The molecule has 0 fully saturated rings. The quantitative estimate of drug-likeness (QED) is 0.486. The minimum atomic E-state index is -0.451. The van der Waals surface area contributed by atoms with E-state index in [9.17, 15) is 0 Å². The number of rotatable bonds is 0. The van der Waals surface area contributed by atoms with Gasteiger partial charge < -0.3 is 5.11 Å². The molecule has 0 aromatic carbocycles. The predicted octanol–water partition coefficient (Wildman–Crippen LogP) is 1.23. The van der Waals surface area contributed by atoms with Gasteiger partial charge in [0.05, 0.1) is 6.10 Å². The summed E-state index contributed by atoms with van der Waals surface area (Å²) in [5.41, 5.74) is -0.0556. The van der Waals surface area contributed by atoms with Gasteiger partial charge in [-0.15, -0.1) is 0 Å². The van der Waals surface area contributed by atoms with Crippen molar-refractivity contribution in [3.63, 3.8) is 0 Å². The third kappa shape index (κ3) is 2.63. The van der Waals surface area contributed by atoms with Crippen LogP contribution in [0.2, 0.25) is 0 Å². The van der Waals surface area contributed by atoms with Crippen molar-refractivity contribution in [3.8, 4) is 0 Å². The molecule has 7 heavy (non-hydrogen) atoms. The van der Waals surface area contributed by atoms with Gasteiger partial charge in [-0.25, -0.2) is 0 Å². The van der Waals surface area contributed by atoms with Crippen molar-refractivity contribution in [1.82, 2.24) is 0 Å². The van der Waals surface area contributed by atoms with Gasteiger partial charge in [0.15, 0.2) is 0 Å². The summed E-state index contributed by atoms with van der Waals surface area (Å²) in [6, 6.07) is 0. The van der Waals surface area contributed by atoms with E-state index in [1.807, 2.05) is 20.8 Å². The van der Waals surface area contributed by atoms with Gasteiger partial charge in [-0.2, -0.15) is 0 Å². The van der Waals surface area contributed by atoms with Crippen LogP contribution < -0.4 is 0 Å². The fraction of sp³-hybridized carbons (Fsp3) is 0.833. The SMILES string of the molecule is [CH2]C(O)C(C)(C)C. The van der Waals surface area contributed by atoms with Gasteiger partial charge >= 0.3 is 0 Å². The zero-order valence-corrected chi connectivity index (χ0v) is 5.23. The molecule has 1 N–H and O–H groups in total. The van der Waals surface area contributed by atoms with Crippen LogP contribution in [0.25, 0.3) is 0 Å². The van der Waals surface area contributed by atoms with Crippen molar-refractivity contribution in [2.24, 2.45) is 5.41 Å². The van der Waals surface area contributed by atoms with Crippen molar-refractivity contribution >= 4 is 0 Å². The Kier molecular flexibility index (Phi) is 1.82. The summed E-state index contributed by atoms with van der Waals surface area (Å²) in [6.07, 6.45) is -0.451. The highest BCUT2D eigenvalue weighted by atomic mass is 16.3. The summed E-state index contributed by atoms with van der Waals surface area (Å²) in [6.45, 7) is 9.31. The zero-order chi connectivity index (χ0) is 6.08. The lowest BCUT2D eigenvalue weighted by Gasteiger charge is -2.20. The maximum Gasteiger partial charge on any atom is 0.0589 e. The maximum absolute atomic E-state index is 8.78. The van der Waals surface area contributed by atoms with Crippen molar-refractivity contribution in [1.29, 1.82) is 0 Å². The van der Waals surface area contributed by atoms with E-state index in [0.717, 1.165) is 0 Å². The van der Waals surface area contributed by atoms with E-state index in [2.05, 4.69) is 6.92 Å². The second-order valence-electron chi connectivity index (χ2n) is 2.88. The van der Waals surface area contributed by atoms with Crippen LogP contribution in [0.3, 0.4) is 0 Å². The first-order valence-electron chi connectivity index (χ1n) is 2.46. The fourth-order valence-electron chi connectivity index (χ4n) is 0. The summed E-state index contributed by atoms with van der Waals surface area (Å²) in [7, 11) is 0. The molecule has 0 aromatic rings. The monoisotopic (exact) mass is 101 g/mol. The Morgan fingerprint density at radius 2 is 1.57 bits per heavy atom. The number of hydrogen-bond acceptors (Lipinski definition) is 1. The van der Waals surface area contributed by atoms with Gasteiger partial charge in [0.25, 0.3) is 0 Å². The van der Waals surface area contributed by atoms with Crippen molar-refractivity contribution in [2.75, 3.05) is 0 Å². The zero-order valence-electron chi connectivity index (χ0n) is 5.23. The summed E-state index contributed by atoms with van der Waals surface area (Å²) in [5, 5.41) is 8.78. The standard InChI is InChI=1S/C6H13O/c1-5(7)6(2,3)4/h5,7H,1H2,2-4H3. The van der Waals surface area contributed by atoms with E-state index in [1.54, 1.807) is 0 Å². The molecule has 0 saturated carbocycles. The largest absolute Gasteiger partial charge is 0.393 e. The lowest BCUT2D eigenvalue weighted by atomic mass is 9.91. The Morgan fingerprint density at radius 3 is 1.57 bits per heavy atom. The molecule has 0 aliphatic rings. The normalized spacial score (nSPS) is 16.7. The third-order valence-corrected chi connectivity index (χ3v) is 1.000. The van der Waals surface area contributed by atoms with Crippen LogP contribution in [0, 0.1) is 12.3 Å². The second kappa shape index (κ2) is 1.83. The van der Waals surface area contributed by atoms with Crippen LogP contribution in [0.1, 0.15) is 20.8 Å². The molecule has 0 saturated heterocycles. The van der Waals surface area contributed by atoms with E-state index in [1.165, 1.54) is 0 Å². The van der Waals surface area contributed by atoms with Crippen molar-refractivity contribution in [3.05, 3.63) is 6.92 Å². The van der Waals surface area contributed by atoms with E-state index in [-0.39, 0.29) is 5.41 Å². The minimum Gasteiger partial charge on any atom is -0.393 e. The van der Waals surface area contributed by atoms with Crippen LogP contribution in [0.4, 0.5) is 0 Å². The van der Waals surface area contributed by atoms with Gasteiger partial charge in [0, 0.05) is 0 Å². The molecule has 0 heterocycles. The number of hydrogen-bond donors (Lipinski definition) is 1. The highest BCUT2D eigenvalue weighted by Gasteiger charge is 2.15. The molecule has 0 amide bonds. The molecule has 0 aromatic heterocycles. The average molecular weight is 101 g/mol. The Labute approximate surface area is 45.4 Å². The molecule has 0 rings (SSSR count). The van der Waals surface area contributed by atoms with E-state index < -0.39 is 6.10 Å². The third-order valence-electron chi connectivity index (χ3n) is 1.000. The molecule has 1 heteroatoms. The van der Waals surface area contributed by atoms with Gasteiger partial charge in [-0.05, 0) is 12.3 Å². The molecule has 0 spiro atoms. The fourth-order valence-corrected chi connectivity index (χ4v) is 0. The molecule has 0 aliphatic heterocycles. The highest BCUT2D eigenvalue weighted by molar-refractivity contribution is 4.73. The van der Waals surface area contributed by atoms with Gasteiger partial charge in [-0.3, -0.25) is 0 Å². The Balaban J connectivity index is 3.54. The van der Waals surface area contributed by atoms with E-state index >= 15 is 0 Å². The number of aliphatic hydroxyl groups excluding tert-OH is 1. The first kappa shape index (κ1) is 6.96. The summed E-state index contributed by atoms with van der Waals surface area (Å²) in [5.74, 6) is 0. The molecule has 0 bridgehead atoms. The Morgan fingerprint density at radius 1 is 1.43 bits per heavy atom.